The number of hydrogen-bond donors (Lipinski definition) is 1. The van der Waals surface area contributed by atoms with Crippen LogP contribution in [0.2, 0.25) is 5.02 Å². The van der Waals surface area contributed by atoms with Crippen molar-refractivity contribution in [3.63, 3.8) is 0 Å². The molecular weight excluding hydrogens is 253 g/mol. The SMILES string of the molecule is CNC(Cc1ccc(F)c(Cl)c1)c1occc1C. The van der Waals surface area contributed by atoms with Gasteiger partial charge in [0.1, 0.15) is 11.6 Å². The zero-order valence-electron chi connectivity index (χ0n) is 10.3. The standard InChI is InChI=1S/C14H15ClFNO/c1-9-5-6-18-14(9)13(17-2)8-10-3-4-12(16)11(15)7-10/h3-7,13,17H,8H2,1-2H3. The normalized spacial score (nSPS) is 12.7. The zero-order valence-corrected chi connectivity index (χ0v) is 11.1. The van der Waals surface area contributed by atoms with Crippen LogP contribution in [0.15, 0.2) is 34.9 Å². The Morgan fingerprint density at radius 1 is 1.39 bits per heavy atom. The van der Waals surface area contributed by atoms with Crippen LogP contribution in [0.4, 0.5) is 4.39 Å². The molecule has 0 bridgehead atoms. The Morgan fingerprint density at radius 3 is 2.72 bits per heavy atom. The number of halogens is 2. The molecule has 2 aromatic rings. The highest BCUT2D eigenvalue weighted by Crippen LogP contribution is 2.24. The number of furan rings is 1. The molecule has 2 nitrogen and oxygen atoms in total. The van der Waals surface area contributed by atoms with E-state index in [4.69, 9.17) is 16.0 Å². The molecule has 0 fully saturated rings. The number of benzene rings is 1. The predicted octanol–water partition coefficient (Wildman–Crippen LogP) is 3.88. The smallest absolute Gasteiger partial charge is 0.141 e. The van der Waals surface area contributed by atoms with Crippen molar-refractivity contribution < 1.29 is 8.81 Å². The van der Waals surface area contributed by atoms with E-state index in [2.05, 4.69) is 5.32 Å². The Kier molecular flexibility index (Phi) is 4.04. The summed E-state index contributed by atoms with van der Waals surface area (Å²) in [6.45, 7) is 2.00. The first-order valence-corrected chi connectivity index (χ1v) is 6.14. The number of rotatable bonds is 4. The summed E-state index contributed by atoms with van der Waals surface area (Å²) in [5.74, 6) is 0.508. The van der Waals surface area contributed by atoms with Crippen LogP contribution in [0.5, 0.6) is 0 Å². The van der Waals surface area contributed by atoms with Crippen molar-refractivity contribution in [1.29, 1.82) is 0 Å². The fraction of sp³-hybridized carbons (Fsp3) is 0.286. The summed E-state index contributed by atoms with van der Waals surface area (Å²) in [5, 5.41) is 3.35. The van der Waals surface area contributed by atoms with E-state index in [1.807, 2.05) is 20.0 Å². The van der Waals surface area contributed by atoms with E-state index < -0.39 is 5.82 Å². The summed E-state index contributed by atoms with van der Waals surface area (Å²) in [7, 11) is 1.87. The van der Waals surface area contributed by atoms with Crippen molar-refractivity contribution in [2.75, 3.05) is 7.05 Å². The molecule has 18 heavy (non-hydrogen) atoms. The maximum absolute atomic E-state index is 13.1. The fourth-order valence-electron chi connectivity index (χ4n) is 1.97. The molecule has 0 aliphatic heterocycles. The van der Waals surface area contributed by atoms with E-state index in [1.54, 1.807) is 18.4 Å². The van der Waals surface area contributed by atoms with Gasteiger partial charge < -0.3 is 9.73 Å². The minimum atomic E-state index is -0.393. The molecule has 0 saturated heterocycles. The van der Waals surface area contributed by atoms with Crippen molar-refractivity contribution in [2.45, 2.75) is 19.4 Å². The summed E-state index contributed by atoms with van der Waals surface area (Å²) in [4.78, 5) is 0. The second-order valence-corrected chi connectivity index (χ2v) is 4.67. The molecular formula is C14H15ClFNO. The molecule has 4 heteroatoms. The molecule has 1 unspecified atom stereocenters. The third-order valence-corrected chi connectivity index (χ3v) is 3.28. The van der Waals surface area contributed by atoms with E-state index in [9.17, 15) is 4.39 Å². The minimum Gasteiger partial charge on any atom is -0.467 e. The summed E-state index contributed by atoms with van der Waals surface area (Å²) in [5.41, 5.74) is 2.07. The first-order valence-electron chi connectivity index (χ1n) is 5.77. The van der Waals surface area contributed by atoms with Gasteiger partial charge in [-0.1, -0.05) is 17.7 Å². The molecule has 1 atom stereocenters. The Morgan fingerprint density at radius 2 is 2.17 bits per heavy atom. The maximum Gasteiger partial charge on any atom is 0.141 e. The summed E-state index contributed by atoms with van der Waals surface area (Å²) in [6.07, 6.45) is 2.37. The van der Waals surface area contributed by atoms with Gasteiger partial charge in [0, 0.05) is 0 Å². The number of hydrogen-bond acceptors (Lipinski definition) is 2. The summed E-state index contributed by atoms with van der Waals surface area (Å²) in [6, 6.07) is 6.77. The molecule has 1 N–H and O–H groups in total. The van der Waals surface area contributed by atoms with Crippen LogP contribution in [-0.4, -0.2) is 7.05 Å². The lowest BCUT2D eigenvalue weighted by molar-refractivity contribution is 0.426. The first kappa shape index (κ1) is 13.1. The van der Waals surface area contributed by atoms with Crippen LogP contribution in [0.1, 0.15) is 22.9 Å². The molecule has 0 amide bonds. The monoisotopic (exact) mass is 267 g/mol. The first-order chi connectivity index (χ1) is 8.61. The molecule has 1 aromatic heterocycles. The van der Waals surface area contributed by atoms with Gasteiger partial charge in [0.15, 0.2) is 0 Å². The largest absolute Gasteiger partial charge is 0.467 e. The van der Waals surface area contributed by atoms with Gasteiger partial charge in [-0.05, 0) is 49.7 Å². The molecule has 0 aliphatic rings. The van der Waals surface area contributed by atoms with Gasteiger partial charge in [0.25, 0.3) is 0 Å². The third-order valence-electron chi connectivity index (χ3n) is 2.99. The van der Waals surface area contributed by atoms with Crippen LogP contribution in [0, 0.1) is 12.7 Å². The summed E-state index contributed by atoms with van der Waals surface area (Å²) < 4.78 is 18.6. The van der Waals surface area contributed by atoms with Crippen LogP contribution in [0.3, 0.4) is 0 Å². The highest BCUT2D eigenvalue weighted by Gasteiger charge is 2.16. The molecule has 2 rings (SSSR count). The average Bonchev–Trinajstić information content (AvgIpc) is 2.77. The predicted molar refractivity (Wildman–Crippen MR) is 70.4 cm³/mol. The van der Waals surface area contributed by atoms with Crippen LogP contribution < -0.4 is 5.32 Å². The van der Waals surface area contributed by atoms with Gasteiger partial charge in [-0.25, -0.2) is 4.39 Å². The van der Waals surface area contributed by atoms with Crippen molar-refractivity contribution >= 4 is 11.6 Å². The molecule has 0 radical (unpaired) electrons. The van der Waals surface area contributed by atoms with E-state index in [0.717, 1.165) is 16.9 Å². The molecule has 1 heterocycles. The van der Waals surface area contributed by atoms with Crippen LogP contribution in [-0.2, 0) is 6.42 Å². The molecule has 0 saturated carbocycles. The highest BCUT2D eigenvalue weighted by molar-refractivity contribution is 6.30. The van der Waals surface area contributed by atoms with Crippen molar-refractivity contribution in [3.05, 3.63) is 58.3 Å². The molecule has 0 spiro atoms. The third kappa shape index (κ3) is 2.74. The van der Waals surface area contributed by atoms with Gasteiger partial charge in [0.05, 0.1) is 17.3 Å². The lowest BCUT2D eigenvalue weighted by Crippen LogP contribution is -2.19. The molecule has 1 aromatic carbocycles. The van der Waals surface area contributed by atoms with Gasteiger partial charge in [-0.15, -0.1) is 0 Å². The topological polar surface area (TPSA) is 25.2 Å². The van der Waals surface area contributed by atoms with E-state index in [1.165, 1.54) is 6.07 Å². The highest BCUT2D eigenvalue weighted by atomic mass is 35.5. The Hall–Kier alpha value is -1.32. The number of likely N-dealkylation sites (N-methyl/N-ethyl adjacent to an activating group) is 1. The summed E-state index contributed by atoms with van der Waals surface area (Å²) >= 11 is 5.78. The van der Waals surface area contributed by atoms with Crippen molar-refractivity contribution in [3.8, 4) is 0 Å². The van der Waals surface area contributed by atoms with Crippen LogP contribution >= 0.6 is 11.6 Å². The Labute approximate surface area is 111 Å². The zero-order chi connectivity index (χ0) is 13.1. The molecule has 96 valence electrons. The van der Waals surface area contributed by atoms with Crippen molar-refractivity contribution in [1.82, 2.24) is 5.32 Å². The van der Waals surface area contributed by atoms with Crippen molar-refractivity contribution in [2.24, 2.45) is 0 Å². The van der Waals surface area contributed by atoms with Gasteiger partial charge in [0.2, 0.25) is 0 Å². The number of nitrogens with one attached hydrogen (secondary N) is 1. The Balaban J connectivity index is 2.20. The maximum atomic E-state index is 13.1. The van der Waals surface area contributed by atoms with E-state index in [0.29, 0.717) is 6.42 Å². The molecule has 0 aliphatic carbocycles. The van der Waals surface area contributed by atoms with E-state index in [-0.39, 0.29) is 11.1 Å². The number of aryl methyl sites for hydroxylation is 1. The van der Waals surface area contributed by atoms with Gasteiger partial charge >= 0.3 is 0 Å². The minimum absolute atomic E-state index is 0.0570. The second-order valence-electron chi connectivity index (χ2n) is 4.26. The Bertz CT molecular complexity index is 538. The van der Waals surface area contributed by atoms with Gasteiger partial charge in [-0.2, -0.15) is 0 Å². The van der Waals surface area contributed by atoms with Gasteiger partial charge in [-0.3, -0.25) is 0 Å². The van der Waals surface area contributed by atoms with Crippen LogP contribution in [0.25, 0.3) is 0 Å². The lowest BCUT2D eigenvalue weighted by Gasteiger charge is -2.15. The fourth-order valence-corrected chi connectivity index (χ4v) is 2.17. The lowest BCUT2D eigenvalue weighted by atomic mass is 10.0. The quantitative estimate of drug-likeness (QED) is 0.909. The van der Waals surface area contributed by atoms with E-state index >= 15 is 0 Å². The average molecular weight is 268 g/mol. The second kappa shape index (κ2) is 5.55.